The third kappa shape index (κ3) is 5.98. The van der Waals surface area contributed by atoms with Crippen LogP contribution in [0, 0.1) is 0 Å². The molecule has 3 rings (SSSR count). The van der Waals surface area contributed by atoms with E-state index in [0.29, 0.717) is 15.6 Å². The van der Waals surface area contributed by atoms with Crippen LogP contribution in [-0.4, -0.2) is 24.9 Å². The van der Waals surface area contributed by atoms with Gasteiger partial charge in [0.15, 0.2) is 0 Å². The van der Waals surface area contributed by atoms with Gasteiger partial charge in [0, 0.05) is 16.0 Å². The molecule has 0 aliphatic heterocycles. The van der Waals surface area contributed by atoms with E-state index in [1.165, 1.54) is 0 Å². The van der Waals surface area contributed by atoms with Crippen LogP contribution in [0.25, 0.3) is 0 Å². The first-order valence-electron chi connectivity index (χ1n) is 10.1. The lowest BCUT2D eigenvalue weighted by Gasteiger charge is -2.38. The molecule has 31 heavy (non-hydrogen) atoms. The molecule has 162 valence electrons. The Bertz CT molecular complexity index is 1000. The molecule has 0 aliphatic carbocycles. The number of aliphatic hydroxyl groups is 1. The second-order valence-corrected chi connectivity index (χ2v) is 14.8. The van der Waals surface area contributed by atoms with Crippen molar-refractivity contribution in [1.82, 2.24) is 0 Å². The van der Waals surface area contributed by atoms with Gasteiger partial charge in [0.25, 0.3) is 0 Å². The molecule has 0 bridgehead atoms. The van der Waals surface area contributed by atoms with Gasteiger partial charge in [-0.05, 0) is 47.5 Å². The van der Waals surface area contributed by atoms with E-state index in [1.54, 1.807) is 36.4 Å². The molecule has 3 aromatic carbocycles. The molecule has 0 amide bonds. The second-order valence-electron chi connectivity index (χ2n) is 8.63. The summed E-state index contributed by atoms with van der Waals surface area (Å²) in [6, 6.07) is 23.5. The maximum Gasteiger partial charge on any atom is 0.338 e. The van der Waals surface area contributed by atoms with E-state index in [2.05, 4.69) is 19.6 Å². The summed E-state index contributed by atoms with van der Waals surface area (Å²) in [4.78, 5) is 13.0. The molecular weight excluding hydrogens is 447 g/mol. The van der Waals surface area contributed by atoms with Crippen LogP contribution in [-0.2, 0) is 4.74 Å². The number of esters is 1. The van der Waals surface area contributed by atoms with Crippen molar-refractivity contribution in [2.24, 2.45) is 0 Å². The van der Waals surface area contributed by atoms with Crippen LogP contribution < -0.4 is 0 Å². The molecule has 0 aromatic heterocycles. The van der Waals surface area contributed by atoms with Crippen LogP contribution in [0.4, 0.5) is 0 Å². The van der Waals surface area contributed by atoms with Gasteiger partial charge in [0.2, 0.25) is 0 Å². The Balaban J connectivity index is 2.02. The van der Waals surface area contributed by atoms with Gasteiger partial charge in [-0.15, -0.1) is 0 Å². The quantitative estimate of drug-likeness (QED) is 0.300. The Morgan fingerprint density at radius 3 is 1.84 bits per heavy atom. The van der Waals surface area contributed by atoms with Crippen molar-refractivity contribution in [3.63, 3.8) is 0 Å². The minimum absolute atomic E-state index is 0.423. The van der Waals surface area contributed by atoms with E-state index < -0.39 is 31.8 Å². The first-order valence-corrected chi connectivity index (χ1v) is 14.4. The highest BCUT2D eigenvalue weighted by molar-refractivity contribution is 6.77. The van der Waals surface area contributed by atoms with Crippen molar-refractivity contribution in [2.75, 3.05) is 0 Å². The van der Waals surface area contributed by atoms with Gasteiger partial charge >= 0.3 is 5.97 Å². The maximum atomic E-state index is 13.0. The molecular formula is C25H26Cl2O3Si. The van der Waals surface area contributed by atoms with E-state index in [-0.39, 0.29) is 0 Å². The van der Waals surface area contributed by atoms with Crippen molar-refractivity contribution in [3.05, 3.63) is 106 Å². The van der Waals surface area contributed by atoms with Crippen LogP contribution in [0.1, 0.15) is 33.5 Å². The summed E-state index contributed by atoms with van der Waals surface area (Å²) in [5.41, 5.74) is 1.61. The average Bonchev–Trinajstić information content (AvgIpc) is 2.74. The zero-order valence-corrected chi connectivity index (χ0v) is 20.3. The third-order valence-corrected chi connectivity index (χ3v) is 7.92. The third-order valence-electron chi connectivity index (χ3n) is 5.23. The minimum atomic E-state index is -2.10. The number of ether oxygens (including phenoxy) is 1. The fourth-order valence-electron chi connectivity index (χ4n) is 3.62. The number of hydrogen-bond donors (Lipinski definition) is 1. The Labute approximate surface area is 194 Å². The van der Waals surface area contributed by atoms with Crippen LogP contribution >= 0.6 is 23.2 Å². The highest BCUT2D eigenvalue weighted by Gasteiger charge is 2.42. The van der Waals surface area contributed by atoms with E-state index in [1.807, 2.05) is 42.5 Å². The zero-order chi connectivity index (χ0) is 22.6. The zero-order valence-electron chi connectivity index (χ0n) is 17.8. The first-order chi connectivity index (χ1) is 14.7. The average molecular weight is 473 g/mol. The molecule has 0 unspecified atom stereocenters. The van der Waals surface area contributed by atoms with Crippen molar-refractivity contribution in [3.8, 4) is 0 Å². The van der Waals surface area contributed by atoms with Gasteiger partial charge in [-0.3, -0.25) is 0 Å². The SMILES string of the molecule is C[Si](C)(C)[C@H](OC(=O)c1ccc(Cl)cc1)[C@@H](c1ccccc1)[C@@H](O)c1ccc(Cl)cc1. The van der Waals surface area contributed by atoms with Gasteiger partial charge in [-0.2, -0.15) is 0 Å². The standard InChI is InChI=1S/C25H26Cl2O3Si/c1-31(2,3)25(30-24(29)19-11-15-21(27)16-12-19)22(17-7-5-4-6-8-17)23(28)18-9-13-20(26)14-10-18/h4-16,22-23,25,28H,1-3H3/t22-,23-,25-/m0/s1. The van der Waals surface area contributed by atoms with Crippen molar-refractivity contribution in [2.45, 2.75) is 37.4 Å². The molecule has 0 saturated heterocycles. The molecule has 0 radical (unpaired) electrons. The second kappa shape index (κ2) is 10.0. The number of benzene rings is 3. The van der Waals surface area contributed by atoms with Crippen LogP contribution in [0.15, 0.2) is 78.9 Å². The molecule has 0 saturated carbocycles. The number of rotatable bonds is 7. The van der Waals surface area contributed by atoms with Crippen molar-refractivity contribution in [1.29, 1.82) is 0 Å². The van der Waals surface area contributed by atoms with Gasteiger partial charge in [-0.25, -0.2) is 4.79 Å². The highest BCUT2D eigenvalue weighted by Crippen LogP contribution is 2.39. The maximum absolute atomic E-state index is 13.0. The Hall–Kier alpha value is -2.11. The fourth-order valence-corrected chi connectivity index (χ4v) is 5.79. The Morgan fingerprint density at radius 1 is 0.806 bits per heavy atom. The molecule has 3 aromatic rings. The normalized spacial score (nSPS) is 14.5. The predicted octanol–water partition coefficient (Wildman–Crippen LogP) is 6.91. The number of aliphatic hydroxyl groups excluding tert-OH is 1. The van der Waals surface area contributed by atoms with E-state index >= 15 is 0 Å². The van der Waals surface area contributed by atoms with Crippen LogP contribution in [0.5, 0.6) is 0 Å². The molecule has 3 nitrogen and oxygen atoms in total. The number of carbonyl (C=O) groups is 1. The molecule has 0 aliphatic rings. The molecule has 3 atom stereocenters. The number of carbonyl (C=O) groups excluding carboxylic acids is 1. The first kappa shape index (κ1) is 23.5. The summed E-state index contributed by atoms with van der Waals surface area (Å²) in [6.45, 7) is 6.41. The summed E-state index contributed by atoms with van der Waals surface area (Å²) in [5, 5.41) is 12.6. The van der Waals surface area contributed by atoms with Gasteiger partial charge < -0.3 is 9.84 Å². The molecule has 0 fully saturated rings. The fraction of sp³-hybridized carbons (Fsp3) is 0.240. The highest BCUT2D eigenvalue weighted by atomic mass is 35.5. The van der Waals surface area contributed by atoms with Gasteiger partial charge in [0.1, 0.15) is 0 Å². The molecule has 6 heteroatoms. The Kier molecular flexibility index (Phi) is 7.60. The van der Waals surface area contributed by atoms with Crippen molar-refractivity contribution < 1.29 is 14.6 Å². The van der Waals surface area contributed by atoms with Gasteiger partial charge in [-0.1, -0.05) is 85.3 Å². The predicted molar refractivity (Wildman–Crippen MR) is 130 cm³/mol. The van der Waals surface area contributed by atoms with Crippen LogP contribution in [0.2, 0.25) is 29.7 Å². The summed E-state index contributed by atoms with van der Waals surface area (Å²) in [6.07, 6.45) is -0.866. The lowest BCUT2D eigenvalue weighted by molar-refractivity contribution is 0.0231. The summed E-state index contributed by atoms with van der Waals surface area (Å²) < 4.78 is 6.12. The van der Waals surface area contributed by atoms with Gasteiger partial charge in [0.05, 0.1) is 25.5 Å². The summed E-state index contributed by atoms with van der Waals surface area (Å²) in [5.74, 6) is -0.848. The van der Waals surface area contributed by atoms with Crippen LogP contribution in [0.3, 0.4) is 0 Å². The Morgan fingerprint density at radius 2 is 1.32 bits per heavy atom. The summed E-state index contributed by atoms with van der Waals surface area (Å²) in [7, 11) is -2.10. The minimum Gasteiger partial charge on any atom is -0.462 e. The van der Waals surface area contributed by atoms with E-state index in [0.717, 1.165) is 11.1 Å². The largest absolute Gasteiger partial charge is 0.462 e. The number of halogens is 2. The monoisotopic (exact) mass is 472 g/mol. The lowest BCUT2D eigenvalue weighted by atomic mass is 9.89. The van der Waals surface area contributed by atoms with E-state index in [9.17, 15) is 9.90 Å². The topological polar surface area (TPSA) is 46.5 Å². The molecule has 1 N–H and O–H groups in total. The van der Waals surface area contributed by atoms with E-state index in [4.69, 9.17) is 27.9 Å². The smallest absolute Gasteiger partial charge is 0.338 e. The lowest BCUT2D eigenvalue weighted by Crippen LogP contribution is -2.47. The van der Waals surface area contributed by atoms with Crippen molar-refractivity contribution >= 4 is 37.2 Å². The number of hydrogen-bond acceptors (Lipinski definition) is 3. The summed E-state index contributed by atoms with van der Waals surface area (Å²) >= 11 is 12.0. The molecule has 0 heterocycles. The molecule has 0 spiro atoms.